The molecule has 0 unspecified atom stereocenters. The third-order valence-corrected chi connectivity index (χ3v) is 8.90. The van der Waals surface area contributed by atoms with E-state index in [4.69, 9.17) is 2.74 Å². The molecule has 0 aliphatic carbocycles. The molecular formula is C46H30. The lowest BCUT2D eigenvalue weighted by atomic mass is 9.83. The van der Waals surface area contributed by atoms with Crippen LogP contribution in [0.4, 0.5) is 0 Å². The quantitative estimate of drug-likeness (QED) is 0.179. The summed E-state index contributed by atoms with van der Waals surface area (Å²) in [5.74, 6) is 0. The van der Waals surface area contributed by atoms with Crippen LogP contribution in [0.3, 0.4) is 0 Å². The fourth-order valence-electron chi connectivity index (χ4n) is 6.76. The van der Waals surface area contributed by atoms with Crippen LogP contribution in [-0.4, -0.2) is 0 Å². The van der Waals surface area contributed by atoms with Gasteiger partial charge in [0.1, 0.15) is 0 Å². The van der Waals surface area contributed by atoms with Gasteiger partial charge >= 0.3 is 0 Å². The summed E-state index contributed by atoms with van der Waals surface area (Å²) in [5.41, 5.74) is 5.10. The van der Waals surface area contributed by atoms with Crippen molar-refractivity contribution >= 4 is 43.1 Å². The summed E-state index contributed by atoms with van der Waals surface area (Å²) in [7, 11) is 0. The Kier molecular flexibility index (Phi) is 4.76. The van der Waals surface area contributed by atoms with E-state index in [-0.39, 0.29) is 53.1 Å². The molecule has 0 saturated carbocycles. The average molecular weight is 590 g/mol. The van der Waals surface area contributed by atoms with Gasteiger partial charge in [0.25, 0.3) is 0 Å². The van der Waals surface area contributed by atoms with Crippen molar-refractivity contribution in [2.45, 2.75) is 0 Å². The van der Waals surface area contributed by atoms with E-state index in [0.717, 1.165) is 32.7 Å². The fourth-order valence-corrected chi connectivity index (χ4v) is 6.76. The van der Waals surface area contributed by atoms with Crippen LogP contribution in [0.5, 0.6) is 0 Å². The SMILES string of the molecule is [2H]c1c([2H])c([2H])c2c(-c3cccc4ccccc34)c3c([2H])c(-c4ccccc4)c([2H])c([2H])c3c(-c3ccc(-c4cccc5ccccc45)cc3)c2c1[2H]. The minimum atomic E-state index is -0.385. The lowest BCUT2D eigenvalue weighted by molar-refractivity contribution is 1.62. The van der Waals surface area contributed by atoms with Gasteiger partial charge in [0.15, 0.2) is 0 Å². The standard InChI is InChI=1S/C46H30/c1-2-12-31(13-3-1)36-28-29-43-44(30-36)46(40-23-11-17-33-15-5-7-19-39(33)40)42-21-9-8-20-41(42)45(43)35-26-24-34(25-27-35)38-22-10-16-32-14-4-6-18-37(32)38/h1-30H/i8D,9D,20D,21D,28D,29D,30D. The zero-order chi connectivity index (χ0) is 36.5. The molecule has 0 nitrogen and oxygen atoms in total. The van der Waals surface area contributed by atoms with Gasteiger partial charge in [-0.1, -0.05) is 176 Å². The summed E-state index contributed by atoms with van der Waals surface area (Å²) in [6, 6.07) is 43.6. The molecule has 0 fully saturated rings. The molecule has 9 aromatic carbocycles. The zero-order valence-electron chi connectivity index (χ0n) is 31.8. The monoisotopic (exact) mass is 589 g/mol. The average Bonchev–Trinajstić information content (AvgIpc) is 3.20. The van der Waals surface area contributed by atoms with Crippen molar-refractivity contribution in [2.24, 2.45) is 0 Å². The van der Waals surface area contributed by atoms with E-state index in [9.17, 15) is 6.85 Å². The summed E-state index contributed by atoms with van der Waals surface area (Å²) >= 11 is 0. The summed E-state index contributed by atoms with van der Waals surface area (Å²) in [6.07, 6.45) is 0. The summed E-state index contributed by atoms with van der Waals surface area (Å²) < 4.78 is 65.5. The molecule has 46 heavy (non-hydrogen) atoms. The third-order valence-electron chi connectivity index (χ3n) is 8.90. The molecule has 0 saturated heterocycles. The van der Waals surface area contributed by atoms with Crippen molar-refractivity contribution in [1.29, 1.82) is 0 Å². The molecule has 0 amide bonds. The van der Waals surface area contributed by atoms with Crippen LogP contribution in [-0.2, 0) is 0 Å². The second-order valence-electron chi connectivity index (χ2n) is 11.5. The van der Waals surface area contributed by atoms with E-state index in [1.165, 1.54) is 0 Å². The minimum absolute atomic E-state index is 0.0260. The lowest BCUT2D eigenvalue weighted by Gasteiger charge is -2.20. The van der Waals surface area contributed by atoms with Gasteiger partial charge in [0, 0.05) is 0 Å². The first kappa shape index (κ1) is 20.1. The number of hydrogen-bond donors (Lipinski definition) is 0. The normalized spacial score (nSPS) is 13.6. The van der Waals surface area contributed by atoms with Crippen molar-refractivity contribution < 1.29 is 9.60 Å². The number of rotatable bonds is 4. The van der Waals surface area contributed by atoms with E-state index in [0.29, 0.717) is 44.2 Å². The van der Waals surface area contributed by atoms with E-state index in [1.54, 1.807) is 0 Å². The lowest BCUT2D eigenvalue weighted by Crippen LogP contribution is -1.92. The Bertz CT molecular complexity index is 2940. The highest BCUT2D eigenvalue weighted by Gasteiger charge is 2.19. The van der Waals surface area contributed by atoms with Crippen molar-refractivity contribution in [2.75, 3.05) is 0 Å². The van der Waals surface area contributed by atoms with Gasteiger partial charge in [-0.15, -0.1) is 0 Å². The highest BCUT2D eigenvalue weighted by Crippen LogP contribution is 2.46. The Morgan fingerprint density at radius 1 is 0.304 bits per heavy atom. The Labute approximate surface area is 278 Å². The Morgan fingerprint density at radius 3 is 1.57 bits per heavy atom. The van der Waals surface area contributed by atoms with Gasteiger partial charge in [0.2, 0.25) is 0 Å². The van der Waals surface area contributed by atoms with Crippen LogP contribution in [0, 0.1) is 0 Å². The molecule has 0 aliphatic heterocycles. The van der Waals surface area contributed by atoms with E-state index >= 15 is 0 Å². The van der Waals surface area contributed by atoms with Gasteiger partial charge < -0.3 is 0 Å². The van der Waals surface area contributed by atoms with Gasteiger partial charge in [-0.2, -0.15) is 0 Å². The van der Waals surface area contributed by atoms with Crippen molar-refractivity contribution in [3.8, 4) is 44.5 Å². The molecule has 214 valence electrons. The summed E-state index contributed by atoms with van der Waals surface area (Å²) in [5, 5.41) is 5.20. The molecule has 0 aromatic heterocycles. The van der Waals surface area contributed by atoms with Crippen molar-refractivity contribution in [3.63, 3.8) is 0 Å². The maximum Gasteiger partial charge on any atom is 0.0636 e. The second-order valence-corrected chi connectivity index (χ2v) is 11.5. The first-order valence-corrected chi connectivity index (χ1v) is 15.4. The van der Waals surface area contributed by atoms with Crippen LogP contribution in [0.15, 0.2) is 182 Å². The maximum absolute atomic E-state index is 9.90. The Morgan fingerprint density at radius 2 is 0.848 bits per heavy atom. The van der Waals surface area contributed by atoms with Crippen molar-refractivity contribution in [1.82, 2.24) is 0 Å². The zero-order valence-corrected chi connectivity index (χ0v) is 24.8. The van der Waals surface area contributed by atoms with E-state index in [2.05, 4.69) is 24.3 Å². The molecule has 0 N–H and O–H groups in total. The maximum atomic E-state index is 9.90. The van der Waals surface area contributed by atoms with Crippen LogP contribution >= 0.6 is 0 Å². The molecule has 0 heteroatoms. The number of benzene rings is 9. The summed E-state index contributed by atoms with van der Waals surface area (Å²) in [4.78, 5) is 0. The smallest absolute Gasteiger partial charge is 0.0622 e. The fraction of sp³-hybridized carbons (Fsp3) is 0. The molecule has 0 heterocycles. The predicted octanol–water partition coefficient (Wildman–Crippen LogP) is 13.0. The van der Waals surface area contributed by atoms with Crippen LogP contribution in [0.1, 0.15) is 9.60 Å². The predicted molar refractivity (Wildman–Crippen MR) is 198 cm³/mol. The van der Waals surface area contributed by atoms with Crippen molar-refractivity contribution in [3.05, 3.63) is 182 Å². The highest BCUT2D eigenvalue weighted by molar-refractivity contribution is 6.24. The topological polar surface area (TPSA) is 0 Å². The van der Waals surface area contributed by atoms with E-state index in [1.807, 2.05) is 115 Å². The second kappa shape index (κ2) is 10.9. The number of fused-ring (bicyclic) bond motifs is 4. The number of hydrogen-bond acceptors (Lipinski definition) is 0. The van der Waals surface area contributed by atoms with E-state index < -0.39 is 0 Å². The molecule has 9 aromatic rings. The third kappa shape index (κ3) is 4.30. The van der Waals surface area contributed by atoms with Crippen LogP contribution in [0.25, 0.3) is 87.6 Å². The first-order chi connectivity index (χ1) is 25.8. The largest absolute Gasteiger partial charge is 0.0636 e. The van der Waals surface area contributed by atoms with Crippen LogP contribution < -0.4 is 0 Å². The molecular weight excluding hydrogens is 553 g/mol. The molecule has 0 atom stereocenters. The highest BCUT2D eigenvalue weighted by atomic mass is 14.2. The molecule has 0 aliphatic rings. The Hall–Kier alpha value is -5.98. The van der Waals surface area contributed by atoms with Gasteiger partial charge in [-0.25, -0.2) is 0 Å². The molecule has 0 spiro atoms. The van der Waals surface area contributed by atoms with Gasteiger partial charge in [-0.05, 0) is 93.6 Å². The summed E-state index contributed by atoms with van der Waals surface area (Å²) in [6.45, 7) is 0. The molecule has 0 bridgehead atoms. The van der Waals surface area contributed by atoms with Gasteiger partial charge in [-0.3, -0.25) is 0 Å². The minimum Gasteiger partial charge on any atom is -0.0622 e. The molecule has 0 radical (unpaired) electrons. The van der Waals surface area contributed by atoms with Gasteiger partial charge in [0.05, 0.1) is 9.60 Å². The molecule has 9 rings (SSSR count). The van der Waals surface area contributed by atoms with Crippen LogP contribution in [0.2, 0.25) is 0 Å². The Balaban J connectivity index is 1.49. The first-order valence-electron chi connectivity index (χ1n) is 18.9.